The van der Waals surface area contributed by atoms with Crippen molar-refractivity contribution in [3.63, 3.8) is 0 Å². The van der Waals surface area contributed by atoms with Crippen molar-refractivity contribution in [3.8, 4) is 0 Å². The van der Waals surface area contributed by atoms with E-state index in [1.165, 1.54) is 40.5 Å². The number of benzene rings is 3. The van der Waals surface area contributed by atoms with E-state index in [2.05, 4.69) is 178 Å². The largest absolute Gasteiger partial charge is 0.433 e. The van der Waals surface area contributed by atoms with E-state index >= 15 is 0 Å². The molecule has 0 saturated carbocycles. The van der Waals surface area contributed by atoms with Crippen LogP contribution in [0.15, 0.2) is 91.0 Å². The minimum Gasteiger partial charge on any atom is -0.433 e. The van der Waals surface area contributed by atoms with Gasteiger partial charge in [0.25, 0.3) is 0 Å². The maximum Gasteiger partial charge on any atom is 0.386 e. The average molecular weight is 772 g/mol. The standard InChI is InChI=1S/C22H36O2Si3.C17H34O2Si3/c1-7-19-25(3,4)23-27(21-15-11-9-12-16-21,22-17-13-10-14-18-22)24-26(5,6)20-8-2;1-8-15-20(3,4)18-22(7,17-13-11-10-12-14-17)19-21(5,6)16-9-2/h9-18H,7-8,19-20H2,1-6H3;10-14H,8-9,15-16H2,1-7H3. The molecule has 274 valence electrons. The molecule has 0 radical (unpaired) electrons. The zero-order valence-electron chi connectivity index (χ0n) is 33.5. The molecule has 0 aliphatic rings. The third-order valence-electron chi connectivity index (χ3n) is 8.80. The molecule has 49 heavy (non-hydrogen) atoms. The van der Waals surface area contributed by atoms with Crippen LogP contribution in [0.5, 0.6) is 0 Å². The van der Waals surface area contributed by atoms with Crippen LogP contribution in [0, 0.1) is 0 Å². The molecule has 0 bridgehead atoms. The predicted octanol–water partition coefficient (Wildman–Crippen LogP) is 10.7. The molecule has 0 aliphatic heterocycles. The van der Waals surface area contributed by atoms with Crippen LogP contribution in [0.4, 0.5) is 0 Å². The third-order valence-corrected chi connectivity index (χ3v) is 33.4. The highest BCUT2D eigenvalue weighted by atomic mass is 28.5. The lowest BCUT2D eigenvalue weighted by atomic mass is 10.4. The second-order valence-electron chi connectivity index (χ2n) is 16.1. The topological polar surface area (TPSA) is 36.9 Å². The zero-order chi connectivity index (χ0) is 36.8. The Bertz CT molecular complexity index is 1260. The van der Waals surface area contributed by atoms with Gasteiger partial charge in [-0.3, -0.25) is 0 Å². The van der Waals surface area contributed by atoms with Crippen molar-refractivity contribution in [1.82, 2.24) is 0 Å². The molecule has 0 atom stereocenters. The van der Waals surface area contributed by atoms with Gasteiger partial charge in [-0.1, -0.05) is 144 Å². The van der Waals surface area contributed by atoms with Gasteiger partial charge in [0.15, 0.2) is 33.3 Å². The summed E-state index contributed by atoms with van der Waals surface area (Å²) in [6.07, 6.45) is 4.69. The van der Waals surface area contributed by atoms with Gasteiger partial charge in [0.2, 0.25) is 0 Å². The van der Waals surface area contributed by atoms with E-state index in [4.69, 9.17) is 16.5 Å². The van der Waals surface area contributed by atoms with E-state index < -0.39 is 50.4 Å². The summed E-state index contributed by atoms with van der Waals surface area (Å²) in [5.74, 6) is 0. The van der Waals surface area contributed by atoms with E-state index in [9.17, 15) is 0 Å². The first kappa shape index (κ1) is 44.0. The highest BCUT2D eigenvalue weighted by molar-refractivity contribution is 7.02. The summed E-state index contributed by atoms with van der Waals surface area (Å²) in [7, 11) is -12.2. The fourth-order valence-corrected chi connectivity index (χ4v) is 34.5. The van der Waals surface area contributed by atoms with Gasteiger partial charge >= 0.3 is 17.1 Å². The lowest BCUT2D eigenvalue weighted by molar-refractivity contribution is 0.396. The minimum absolute atomic E-state index is 1.15. The van der Waals surface area contributed by atoms with Crippen LogP contribution in [0.1, 0.15) is 53.4 Å². The maximum atomic E-state index is 7.21. The van der Waals surface area contributed by atoms with Gasteiger partial charge in [0.05, 0.1) is 0 Å². The summed E-state index contributed by atoms with van der Waals surface area (Å²) in [5, 5.41) is 3.76. The fraction of sp³-hybridized carbons (Fsp3) is 0.538. The summed E-state index contributed by atoms with van der Waals surface area (Å²) in [5.41, 5.74) is 0. The lowest BCUT2D eigenvalue weighted by Crippen LogP contribution is -2.70. The number of hydrogen-bond acceptors (Lipinski definition) is 4. The summed E-state index contributed by atoms with van der Waals surface area (Å²) >= 11 is 0. The third kappa shape index (κ3) is 14.4. The minimum atomic E-state index is -2.77. The van der Waals surface area contributed by atoms with Crippen LogP contribution in [0.3, 0.4) is 0 Å². The molecule has 0 unspecified atom stereocenters. The van der Waals surface area contributed by atoms with Crippen LogP contribution < -0.4 is 15.6 Å². The molecule has 3 aromatic rings. The van der Waals surface area contributed by atoms with Gasteiger partial charge in [-0.15, -0.1) is 0 Å². The van der Waals surface area contributed by atoms with E-state index in [0.29, 0.717) is 0 Å². The molecule has 0 N–H and O–H groups in total. The van der Waals surface area contributed by atoms with Crippen LogP contribution in [-0.2, 0) is 16.5 Å². The van der Waals surface area contributed by atoms with Crippen molar-refractivity contribution in [2.45, 2.75) is 136 Å². The fourth-order valence-electron chi connectivity index (χ4n) is 7.06. The molecule has 10 heteroatoms. The number of hydrogen-bond donors (Lipinski definition) is 0. The van der Waals surface area contributed by atoms with Crippen LogP contribution in [0.2, 0.25) is 83.1 Å². The molecular formula is C39H70O4Si6. The van der Waals surface area contributed by atoms with Crippen molar-refractivity contribution in [2.75, 3.05) is 0 Å². The van der Waals surface area contributed by atoms with Crippen molar-refractivity contribution >= 4 is 66.0 Å². The molecule has 0 aromatic heterocycles. The summed E-state index contributed by atoms with van der Waals surface area (Å²) < 4.78 is 28.1. The lowest BCUT2D eigenvalue weighted by Gasteiger charge is -2.43. The Hall–Kier alpha value is -1.20. The second-order valence-corrected chi connectivity index (χ2v) is 40.3. The Labute approximate surface area is 308 Å². The van der Waals surface area contributed by atoms with Crippen molar-refractivity contribution in [2.24, 2.45) is 0 Å². The van der Waals surface area contributed by atoms with Gasteiger partial charge < -0.3 is 16.5 Å². The molecular weight excluding hydrogens is 701 g/mol. The van der Waals surface area contributed by atoms with Crippen molar-refractivity contribution in [1.29, 1.82) is 0 Å². The Morgan fingerprint density at radius 2 is 0.592 bits per heavy atom. The Morgan fingerprint density at radius 1 is 0.347 bits per heavy atom. The monoisotopic (exact) mass is 770 g/mol. The van der Waals surface area contributed by atoms with Crippen LogP contribution in [0.25, 0.3) is 0 Å². The van der Waals surface area contributed by atoms with Crippen LogP contribution >= 0.6 is 0 Å². The second kappa shape index (κ2) is 19.6. The van der Waals surface area contributed by atoms with E-state index in [1.807, 2.05) is 0 Å². The van der Waals surface area contributed by atoms with Crippen LogP contribution in [-0.4, -0.2) is 50.4 Å². The Balaban J connectivity index is 0.000000348. The SMILES string of the molecule is CCC[Si](C)(C)O[Si](C)(O[Si](C)(C)CCC)c1ccccc1.CCC[Si](C)(C)O[Si](O[Si](C)(C)CCC)(c1ccccc1)c1ccccc1. The highest BCUT2D eigenvalue weighted by Crippen LogP contribution is 2.28. The van der Waals surface area contributed by atoms with Crippen molar-refractivity contribution < 1.29 is 16.5 Å². The first-order chi connectivity index (χ1) is 22.9. The number of rotatable bonds is 19. The van der Waals surface area contributed by atoms with Gasteiger partial charge in [-0.05, 0) is 98.7 Å². The zero-order valence-corrected chi connectivity index (χ0v) is 39.5. The molecule has 0 fully saturated rings. The van der Waals surface area contributed by atoms with Gasteiger partial charge in [0, 0.05) is 0 Å². The first-order valence-corrected chi connectivity index (χ1v) is 35.5. The van der Waals surface area contributed by atoms with Gasteiger partial charge in [0.1, 0.15) is 0 Å². The molecule has 4 nitrogen and oxygen atoms in total. The normalized spacial score (nSPS) is 13.2. The Morgan fingerprint density at radius 3 is 0.857 bits per heavy atom. The quantitative estimate of drug-likeness (QED) is 0.114. The predicted molar refractivity (Wildman–Crippen MR) is 230 cm³/mol. The average Bonchev–Trinajstić information content (AvgIpc) is 3.01. The molecule has 0 spiro atoms. The maximum absolute atomic E-state index is 7.21. The smallest absolute Gasteiger partial charge is 0.386 e. The molecule has 3 rings (SSSR count). The molecule has 0 amide bonds. The Kier molecular flexibility index (Phi) is 17.6. The van der Waals surface area contributed by atoms with Crippen molar-refractivity contribution in [3.05, 3.63) is 91.0 Å². The van der Waals surface area contributed by atoms with E-state index in [1.54, 1.807) is 0 Å². The summed E-state index contributed by atoms with van der Waals surface area (Å²) in [4.78, 5) is 0. The van der Waals surface area contributed by atoms with Gasteiger partial charge in [-0.25, -0.2) is 0 Å². The first-order valence-electron chi connectivity index (χ1n) is 18.9. The van der Waals surface area contributed by atoms with E-state index in [0.717, 1.165) is 24.9 Å². The summed E-state index contributed by atoms with van der Waals surface area (Å²) in [6.45, 7) is 30.0. The van der Waals surface area contributed by atoms with E-state index in [-0.39, 0.29) is 0 Å². The molecule has 3 aromatic carbocycles. The summed E-state index contributed by atoms with van der Waals surface area (Å²) in [6, 6.07) is 36.9. The molecule has 0 heterocycles. The molecule has 0 aliphatic carbocycles. The molecule has 0 saturated heterocycles. The van der Waals surface area contributed by atoms with Gasteiger partial charge in [-0.2, -0.15) is 0 Å². The highest BCUT2D eigenvalue weighted by Gasteiger charge is 2.50.